The zero-order valence-corrected chi connectivity index (χ0v) is 14.2. The molecule has 1 amide bonds. The second-order valence-electron chi connectivity index (χ2n) is 5.92. The first-order valence-electron chi connectivity index (χ1n) is 7.79. The molecule has 0 N–H and O–H groups in total. The van der Waals surface area contributed by atoms with Gasteiger partial charge in [0, 0.05) is 54.4 Å². The third kappa shape index (κ3) is 3.26. The summed E-state index contributed by atoms with van der Waals surface area (Å²) in [4.78, 5) is 18.2. The number of halogens is 2. The van der Waals surface area contributed by atoms with Gasteiger partial charge < -0.3 is 9.47 Å². The molecule has 0 aliphatic carbocycles. The summed E-state index contributed by atoms with van der Waals surface area (Å²) in [5.41, 5.74) is 0.587. The predicted octanol–water partition coefficient (Wildman–Crippen LogP) is 3.21. The van der Waals surface area contributed by atoms with Crippen LogP contribution >= 0.6 is 0 Å². The minimum absolute atomic E-state index is 0.0120. The minimum atomic E-state index is -0.716. The third-order valence-corrected chi connectivity index (χ3v) is 4.25. The fourth-order valence-corrected chi connectivity index (χ4v) is 3.07. The molecule has 0 spiro atoms. The smallest absolute Gasteiger partial charge is 0.228 e. The first kappa shape index (κ1) is 17.1. The van der Waals surface area contributed by atoms with Crippen molar-refractivity contribution in [1.29, 1.82) is 0 Å². The highest BCUT2D eigenvalue weighted by Gasteiger charge is 2.35. The van der Waals surface area contributed by atoms with Crippen LogP contribution in [-0.2, 0) is 4.79 Å². The van der Waals surface area contributed by atoms with Gasteiger partial charge in [0.1, 0.15) is 29.0 Å². The van der Waals surface area contributed by atoms with E-state index in [0.29, 0.717) is 17.3 Å². The Morgan fingerprint density at radius 2 is 1.68 bits per heavy atom. The Kier molecular flexibility index (Phi) is 4.57. The van der Waals surface area contributed by atoms with E-state index in [1.165, 1.54) is 19.1 Å². The summed E-state index contributed by atoms with van der Waals surface area (Å²) in [6, 6.07) is 5.62. The van der Waals surface area contributed by atoms with Crippen molar-refractivity contribution in [3.8, 4) is 11.5 Å². The molecule has 25 heavy (non-hydrogen) atoms. The third-order valence-electron chi connectivity index (χ3n) is 4.25. The number of pyridine rings is 1. The number of ether oxygens (including phenoxy) is 2. The predicted molar refractivity (Wildman–Crippen MR) is 88.1 cm³/mol. The first-order valence-corrected chi connectivity index (χ1v) is 7.79. The van der Waals surface area contributed by atoms with Crippen LogP contribution in [0.5, 0.6) is 11.5 Å². The number of amides is 1. The molecule has 0 radical (unpaired) electrons. The van der Waals surface area contributed by atoms with Gasteiger partial charge in [0.25, 0.3) is 0 Å². The molecule has 1 aromatic carbocycles. The zero-order valence-electron chi connectivity index (χ0n) is 14.2. The van der Waals surface area contributed by atoms with Crippen molar-refractivity contribution in [2.24, 2.45) is 0 Å². The van der Waals surface area contributed by atoms with E-state index < -0.39 is 17.6 Å². The Morgan fingerprint density at radius 3 is 2.28 bits per heavy atom. The van der Waals surface area contributed by atoms with E-state index in [2.05, 4.69) is 4.98 Å². The molecule has 2 aromatic rings. The summed E-state index contributed by atoms with van der Waals surface area (Å²) in [5, 5.41) is 0. The van der Waals surface area contributed by atoms with E-state index >= 15 is 0 Å². The SMILES string of the molecule is COc1cc(C)nc(N2CC(c3c(F)cc(OC)cc3F)CC2=O)c1. The monoisotopic (exact) mass is 348 g/mol. The van der Waals surface area contributed by atoms with E-state index in [1.807, 2.05) is 0 Å². The molecule has 1 atom stereocenters. The molecule has 1 aliphatic rings. The number of rotatable bonds is 4. The molecule has 132 valence electrons. The summed E-state index contributed by atoms with van der Waals surface area (Å²) in [5.74, 6) is -1.17. The van der Waals surface area contributed by atoms with Crippen molar-refractivity contribution in [1.82, 2.24) is 4.98 Å². The number of nitrogens with zero attached hydrogens (tertiary/aromatic N) is 2. The molecule has 0 saturated carbocycles. The van der Waals surface area contributed by atoms with E-state index in [9.17, 15) is 13.6 Å². The Bertz CT molecular complexity index is 803. The van der Waals surface area contributed by atoms with Crippen molar-refractivity contribution in [2.45, 2.75) is 19.3 Å². The van der Waals surface area contributed by atoms with Gasteiger partial charge in [-0.1, -0.05) is 0 Å². The van der Waals surface area contributed by atoms with Crippen LogP contribution in [0.1, 0.15) is 23.6 Å². The number of hydrogen-bond donors (Lipinski definition) is 0. The molecular weight excluding hydrogens is 330 g/mol. The highest BCUT2D eigenvalue weighted by Crippen LogP contribution is 2.36. The molecule has 5 nitrogen and oxygen atoms in total. The van der Waals surface area contributed by atoms with Gasteiger partial charge in [-0.3, -0.25) is 9.69 Å². The Labute approximate surface area is 144 Å². The molecule has 1 fully saturated rings. The number of carbonyl (C=O) groups is 1. The van der Waals surface area contributed by atoms with Gasteiger partial charge in [-0.25, -0.2) is 13.8 Å². The fourth-order valence-electron chi connectivity index (χ4n) is 3.07. The lowest BCUT2D eigenvalue weighted by Crippen LogP contribution is -2.25. The Balaban J connectivity index is 1.92. The van der Waals surface area contributed by atoms with Crippen molar-refractivity contribution >= 4 is 11.7 Å². The van der Waals surface area contributed by atoms with Gasteiger partial charge in [0.15, 0.2) is 0 Å². The quantitative estimate of drug-likeness (QED) is 0.851. The summed E-state index contributed by atoms with van der Waals surface area (Å²) in [6.07, 6.45) is 0.0120. The summed E-state index contributed by atoms with van der Waals surface area (Å²) in [7, 11) is 2.86. The van der Waals surface area contributed by atoms with Gasteiger partial charge >= 0.3 is 0 Å². The molecule has 1 aliphatic heterocycles. The molecule has 2 heterocycles. The highest BCUT2D eigenvalue weighted by atomic mass is 19.1. The number of aryl methyl sites for hydroxylation is 1. The van der Waals surface area contributed by atoms with Gasteiger partial charge in [0.2, 0.25) is 5.91 Å². The lowest BCUT2D eigenvalue weighted by Gasteiger charge is -2.18. The van der Waals surface area contributed by atoms with E-state index in [4.69, 9.17) is 9.47 Å². The number of hydrogen-bond acceptors (Lipinski definition) is 4. The fraction of sp³-hybridized carbons (Fsp3) is 0.333. The maximum absolute atomic E-state index is 14.3. The summed E-state index contributed by atoms with van der Waals surface area (Å²) >= 11 is 0. The average Bonchev–Trinajstić information content (AvgIpc) is 2.94. The maximum atomic E-state index is 14.3. The van der Waals surface area contributed by atoms with Gasteiger partial charge in [-0.2, -0.15) is 0 Å². The largest absolute Gasteiger partial charge is 0.497 e. The molecule has 0 bridgehead atoms. The zero-order chi connectivity index (χ0) is 18.1. The summed E-state index contributed by atoms with van der Waals surface area (Å²) in [6.45, 7) is 1.94. The minimum Gasteiger partial charge on any atom is -0.497 e. The molecule has 7 heteroatoms. The lowest BCUT2D eigenvalue weighted by molar-refractivity contribution is -0.117. The number of anilines is 1. The van der Waals surface area contributed by atoms with E-state index in [1.54, 1.807) is 19.1 Å². The topological polar surface area (TPSA) is 51.7 Å². The number of aromatic nitrogens is 1. The van der Waals surface area contributed by atoms with Gasteiger partial charge in [-0.05, 0) is 6.92 Å². The molecule has 1 saturated heterocycles. The van der Waals surface area contributed by atoms with Crippen LogP contribution in [-0.4, -0.2) is 31.7 Å². The lowest BCUT2D eigenvalue weighted by atomic mass is 9.97. The molecule has 1 aromatic heterocycles. The average molecular weight is 348 g/mol. The molecule has 3 rings (SSSR count). The van der Waals surface area contributed by atoms with Crippen molar-refractivity contribution in [3.05, 3.63) is 47.2 Å². The number of carbonyl (C=O) groups excluding carboxylic acids is 1. The van der Waals surface area contributed by atoms with Crippen LogP contribution in [0.4, 0.5) is 14.6 Å². The molecular formula is C18H18F2N2O3. The van der Waals surface area contributed by atoms with E-state index in [-0.39, 0.29) is 30.2 Å². The van der Waals surface area contributed by atoms with Crippen LogP contribution < -0.4 is 14.4 Å². The Morgan fingerprint density at radius 1 is 1.08 bits per heavy atom. The van der Waals surface area contributed by atoms with Crippen molar-refractivity contribution in [2.75, 3.05) is 25.7 Å². The molecule has 1 unspecified atom stereocenters. The van der Waals surface area contributed by atoms with Crippen molar-refractivity contribution in [3.63, 3.8) is 0 Å². The second-order valence-corrected chi connectivity index (χ2v) is 5.92. The number of methoxy groups -OCH3 is 2. The number of benzene rings is 1. The normalized spacial score (nSPS) is 17.1. The van der Waals surface area contributed by atoms with E-state index in [0.717, 1.165) is 12.1 Å². The van der Waals surface area contributed by atoms with Crippen LogP contribution in [0, 0.1) is 18.6 Å². The summed E-state index contributed by atoms with van der Waals surface area (Å²) < 4.78 is 38.7. The van der Waals surface area contributed by atoms with Gasteiger partial charge in [-0.15, -0.1) is 0 Å². The van der Waals surface area contributed by atoms with Crippen LogP contribution in [0.3, 0.4) is 0 Å². The maximum Gasteiger partial charge on any atom is 0.228 e. The first-order chi connectivity index (χ1) is 11.9. The van der Waals surface area contributed by atoms with Gasteiger partial charge in [0.05, 0.1) is 14.2 Å². The standard InChI is InChI=1S/C18H18F2N2O3/c1-10-4-12(24-2)8-16(21-10)22-9-11(5-17(22)23)18-14(19)6-13(25-3)7-15(18)20/h4,6-8,11H,5,9H2,1-3H3. The second kappa shape index (κ2) is 6.66. The van der Waals surface area contributed by atoms with Crippen molar-refractivity contribution < 1.29 is 23.0 Å². The van der Waals surface area contributed by atoms with Crippen LogP contribution in [0.15, 0.2) is 24.3 Å². The highest BCUT2D eigenvalue weighted by molar-refractivity contribution is 5.95. The van der Waals surface area contributed by atoms with Crippen LogP contribution in [0.2, 0.25) is 0 Å². The Hall–Kier alpha value is -2.70. The van der Waals surface area contributed by atoms with Crippen LogP contribution in [0.25, 0.3) is 0 Å².